The topological polar surface area (TPSA) is 51.3 Å². The fraction of sp³-hybridized carbons (Fsp3) is 0.615. The number of hydrogen-bond acceptors (Lipinski definition) is 4. The molecule has 5 heteroatoms. The molecule has 100 valence electrons. The van der Waals surface area contributed by atoms with Gasteiger partial charge < -0.3 is 10.3 Å². The molecule has 1 aliphatic heterocycles. The number of rotatable bonds is 3. The number of nitrogens with zero attached hydrogens (tertiary/aromatic N) is 2. The second-order valence-electron chi connectivity index (χ2n) is 5.01. The molecule has 0 spiro atoms. The summed E-state index contributed by atoms with van der Waals surface area (Å²) in [6.45, 7) is 8.37. The summed E-state index contributed by atoms with van der Waals surface area (Å²) in [4.78, 5) is 14.1. The zero-order chi connectivity index (χ0) is 13.1. The number of aromatic nitrogens is 1. The van der Waals surface area contributed by atoms with Crippen LogP contribution < -0.4 is 11.3 Å². The maximum Gasteiger partial charge on any atom is 0.250 e. The van der Waals surface area contributed by atoms with E-state index in [4.69, 9.17) is 5.73 Å². The van der Waals surface area contributed by atoms with E-state index in [9.17, 15) is 4.79 Å². The van der Waals surface area contributed by atoms with Crippen LogP contribution in [0.2, 0.25) is 0 Å². The van der Waals surface area contributed by atoms with Crippen molar-refractivity contribution in [2.75, 3.05) is 25.4 Å². The molecular weight excluding hydrogens is 246 g/mol. The van der Waals surface area contributed by atoms with Crippen molar-refractivity contribution in [1.82, 2.24) is 9.47 Å². The molecule has 1 aromatic heterocycles. The Morgan fingerprint density at radius 1 is 1.28 bits per heavy atom. The van der Waals surface area contributed by atoms with Crippen LogP contribution in [0.5, 0.6) is 0 Å². The van der Waals surface area contributed by atoms with Crippen LogP contribution in [0.3, 0.4) is 0 Å². The monoisotopic (exact) mass is 267 g/mol. The van der Waals surface area contributed by atoms with E-state index in [1.54, 1.807) is 16.8 Å². The first-order valence-electron chi connectivity index (χ1n) is 6.38. The van der Waals surface area contributed by atoms with Gasteiger partial charge in [-0.25, -0.2) is 0 Å². The summed E-state index contributed by atoms with van der Waals surface area (Å²) in [7, 11) is 0. The fourth-order valence-corrected chi connectivity index (χ4v) is 3.83. The highest BCUT2D eigenvalue weighted by atomic mass is 32.2. The molecular formula is C13H21N3OS. The number of hydrogen-bond donors (Lipinski definition) is 1. The van der Waals surface area contributed by atoms with Crippen molar-refractivity contribution in [1.29, 1.82) is 0 Å². The summed E-state index contributed by atoms with van der Waals surface area (Å²) in [5.74, 6) is 0. The predicted molar refractivity (Wildman–Crippen MR) is 78.1 cm³/mol. The molecule has 1 fully saturated rings. The van der Waals surface area contributed by atoms with Crippen LogP contribution in [-0.2, 0) is 6.54 Å². The maximum absolute atomic E-state index is 11.7. The molecule has 1 aliphatic rings. The van der Waals surface area contributed by atoms with E-state index >= 15 is 0 Å². The van der Waals surface area contributed by atoms with Crippen LogP contribution >= 0.6 is 11.8 Å². The molecule has 0 amide bonds. The molecule has 2 N–H and O–H groups in total. The van der Waals surface area contributed by atoms with Gasteiger partial charge in [0.2, 0.25) is 0 Å². The van der Waals surface area contributed by atoms with Crippen molar-refractivity contribution in [3.05, 3.63) is 28.7 Å². The summed E-state index contributed by atoms with van der Waals surface area (Å²) in [5.41, 5.74) is 6.37. The van der Waals surface area contributed by atoms with E-state index in [0.29, 0.717) is 22.7 Å². The third-order valence-corrected chi connectivity index (χ3v) is 4.39. The Balaban J connectivity index is 1.95. The van der Waals surface area contributed by atoms with Crippen molar-refractivity contribution in [2.24, 2.45) is 0 Å². The first kappa shape index (κ1) is 13.5. The van der Waals surface area contributed by atoms with Crippen LogP contribution in [0.4, 0.5) is 5.69 Å². The normalized spacial score (nSPS) is 25.2. The van der Waals surface area contributed by atoms with Crippen molar-refractivity contribution >= 4 is 17.4 Å². The average molecular weight is 267 g/mol. The number of nitrogens with two attached hydrogens (primary N) is 1. The van der Waals surface area contributed by atoms with Crippen molar-refractivity contribution in [3.8, 4) is 0 Å². The quantitative estimate of drug-likeness (QED) is 0.895. The Hall–Kier alpha value is -0.940. The van der Waals surface area contributed by atoms with Crippen molar-refractivity contribution < 1.29 is 0 Å². The number of nitrogen functional groups attached to an aromatic ring is 1. The zero-order valence-corrected chi connectivity index (χ0v) is 11.8. The molecule has 0 saturated carbocycles. The Morgan fingerprint density at radius 3 is 2.61 bits per heavy atom. The van der Waals surface area contributed by atoms with Crippen molar-refractivity contribution in [2.45, 2.75) is 30.9 Å². The summed E-state index contributed by atoms with van der Waals surface area (Å²) in [5, 5.41) is 1.35. The minimum atomic E-state index is 0.0247. The van der Waals surface area contributed by atoms with E-state index in [1.165, 1.54) is 6.07 Å². The molecule has 0 radical (unpaired) electrons. The maximum atomic E-state index is 11.7. The summed E-state index contributed by atoms with van der Waals surface area (Å²) in [6, 6.07) is 3.19. The molecule has 2 rings (SSSR count). The first-order chi connectivity index (χ1) is 8.54. The van der Waals surface area contributed by atoms with E-state index in [2.05, 4.69) is 18.7 Å². The minimum absolute atomic E-state index is 0.0247. The molecule has 0 aliphatic carbocycles. The van der Waals surface area contributed by atoms with E-state index < -0.39 is 0 Å². The third-order valence-electron chi connectivity index (χ3n) is 3.16. The summed E-state index contributed by atoms with van der Waals surface area (Å²) in [6.07, 6.45) is 1.73. The van der Waals surface area contributed by atoms with Crippen LogP contribution in [0, 0.1) is 0 Å². The zero-order valence-electron chi connectivity index (χ0n) is 11.0. The second kappa shape index (κ2) is 5.80. The largest absolute Gasteiger partial charge is 0.398 e. The highest BCUT2D eigenvalue weighted by molar-refractivity contribution is 8.00. The molecule has 2 unspecified atom stereocenters. The van der Waals surface area contributed by atoms with E-state index in [1.807, 2.05) is 11.8 Å². The van der Waals surface area contributed by atoms with Gasteiger partial charge in [-0.05, 0) is 6.07 Å². The van der Waals surface area contributed by atoms with Gasteiger partial charge in [-0.3, -0.25) is 9.69 Å². The predicted octanol–water partition coefficient (Wildman–Crippen LogP) is 1.26. The Bertz CT molecular complexity index is 450. The van der Waals surface area contributed by atoms with Gasteiger partial charge in [0, 0.05) is 54.6 Å². The Kier molecular flexibility index (Phi) is 4.35. The Morgan fingerprint density at radius 2 is 1.94 bits per heavy atom. The SMILES string of the molecule is CC1CN(CCn2cc(N)ccc2=O)CC(C)S1. The van der Waals surface area contributed by atoms with Crippen LogP contribution in [-0.4, -0.2) is 39.6 Å². The average Bonchev–Trinajstić information content (AvgIpc) is 2.29. The number of pyridine rings is 1. The highest BCUT2D eigenvalue weighted by Crippen LogP contribution is 2.24. The molecule has 2 atom stereocenters. The lowest BCUT2D eigenvalue weighted by Crippen LogP contribution is -2.42. The third kappa shape index (κ3) is 3.53. The molecule has 1 saturated heterocycles. The highest BCUT2D eigenvalue weighted by Gasteiger charge is 2.21. The first-order valence-corrected chi connectivity index (χ1v) is 7.32. The van der Waals surface area contributed by atoms with Crippen molar-refractivity contribution in [3.63, 3.8) is 0 Å². The Labute approximate surface area is 112 Å². The van der Waals surface area contributed by atoms with Crippen LogP contribution in [0.1, 0.15) is 13.8 Å². The van der Waals surface area contributed by atoms with E-state index in [0.717, 1.165) is 19.6 Å². The van der Waals surface area contributed by atoms with Crippen LogP contribution in [0.15, 0.2) is 23.1 Å². The minimum Gasteiger partial charge on any atom is -0.398 e. The fourth-order valence-electron chi connectivity index (χ4n) is 2.44. The molecule has 4 nitrogen and oxygen atoms in total. The van der Waals surface area contributed by atoms with Gasteiger partial charge in [-0.2, -0.15) is 11.8 Å². The van der Waals surface area contributed by atoms with Crippen LogP contribution in [0.25, 0.3) is 0 Å². The van der Waals surface area contributed by atoms with Gasteiger partial charge in [0.15, 0.2) is 0 Å². The van der Waals surface area contributed by atoms with Gasteiger partial charge in [0.1, 0.15) is 0 Å². The smallest absolute Gasteiger partial charge is 0.250 e. The second-order valence-corrected chi connectivity index (χ2v) is 6.89. The molecule has 2 heterocycles. The van der Waals surface area contributed by atoms with Gasteiger partial charge in [-0.1, -0.05) is 13.8 Å². The van der Waals surface area contributed by atoms with Gasteiger partial charge in [0.25, 0.3) is 5.56 Å². The lowest BCUT2D eigenvalue weighted by Gasteiger charge is -2.34. The summed E-state index contributed by atoms with van der Waals surface area (Å²) < 4.78 is 1.70. The lowest BCUT2D eigenvalue weighted by atomic mass is 10.3. The lowest BCUT2D eigenvalue weighted by molar-refractivity contribution is 0.259. The number of thioether (sulfide) groups is 1. The molecule has 0 bridgehead atoms. The van der Waals surface area contributed by atoms with Gasteiger partial charge >= 0.3 is 0 Å². The van der Waals surface area contributed by atoms with Gasteiger partial charge in [-0.15, -0.1) is 0 Å². The van der Waals surface area contributed by atoms with Gasteiger partial charge in [0.05, 0.1) is 0 Å². The standard InChI is InChI=1S/C13H21N3OS/c1-10-7-15(8-11(2)18-10)5-6-16-9-12(14)3-4-13(16)17/h3-4,9-11H,5-8,14H2,1-2H3. The molecule has 0 aromatic carbocycles. The van der Waals surface area contributed by atoms with E-state index in [-0.39, 0.29) is 5.56 Å². The molecule has 18 heavy (non-hydrogen) atoms. The summed E-state index contributed by atoms with van der Waals surface area (Å²) >= 11 is 2.04. The number of anilines is 1. The molecule has 1 aromatic rings.